The van der Waals surface area contributed by atoms with Crippen molar-refractivity contribution < 1.29 is 22.3 Å². The van der Waals surface area contributed by atoms with Crippen LogP contribution in [0.5, 0.6) is 5.75 Å². The van der Waals surface area contributed by atoms with Crippen LogP contribution in [0.25, 0.3) is 0 Å². The van der Waals surface area contributed by atoms with Crippen LogP contribution in [0.4, 0.5) is 10.1 Å². The maximum absolute atomic E-state index is 13.9. The molecule has 0 spiro atoms. The quantitative estimate of drug-likeness (QED) is 0.546. The molecule has 0 aliphatic heterocycles. The van der Waals surface area contributed by atoms with Gasteiger partial charge in [-0.1, -0.05) is 30.3 Å². The molecule has 0 bridgehead atoms. The summed E-state index contributed by atoms with van der Waals surface area (Å²) < 4.78 is 46.9. The topological polar surface area (TPSA) is 75.7 Å². The Balaban J connectivity index is 1.56. The van der Waals surface area contributed by atoms with Crippen LogP contribution in [0.2, 0.25) is 0 Å². The number of hydrogen-bond donors (Lipinski definition) is 1. The van der Waals surface area contributed by atoms with Crippen molar-refractivity contribution in [2.45, 2.75) is 30.3 Å². The summed E-state index contributed by atoms with van der Waals surface area (Å²) in [4.78, 5) is 14.9. The van der Waals surface area contributed by atoms with Crippen molar-refractivity contribution in [1.29, 1.82) is 0 Å². The Morgan fingerprint density at radius 2 is 1.78 bits per heavy atom. The summed E-state index contributed by atoms with van der Waals surface area (Å²) in [5.74, 6) is -0.188. The lowest BCUT2D eigenvalue weighted by molar-refractivity contribution is 0.0729. The van der Waals surface area contributed by atoms with Gasteiger partial charge in [0, 0.05) is 18.2 Å². The molecule has 3 aromatic carbocycles. The van der Waals surface area contributed by atoms with Gasteiger partial charge in [0.2, 0.25) is 0 Å². The lowest BCUT2D eigenvalue weighted by Gasteiger charge is -2.23. The van der Waals surface area contributed by atoms with Crippen LogP contribution >= 0.6 is 0 Å². The number of carbonyl (C=O) groups is 1. The van der Waals surface area contributed by atoms with E-state index in [4.69, 9.17) is 4.74 Å². The second-order valence-electron chi connectivity index (χ2n) is 7.63. The first-order valence-electron chi connectivity index (χ1n) is 10.2. The minimum atomic E-state index is -4.06. The molecule has 1 aliphatic rings. The number of halogens is 1. The molecule has 0 aromatic heterocycles. The number of nitrogens with zero attached hydrogens (tertiary/aromatic N) is 1. The summed E-state index contributed by atoms with van der Waals surface area (Å²) in [7, 11) is -2.47. The molecule has 1 aliphatic carbocycles. The summed E-state index contributed by atoms with van der Waals surface area (Å²) in [6, 6.07) is 18.9. The number of para-hydroxylation sites is 1. The lowest BCUT2D eigenvalue weighted by Crippen LogP contribution is -2.32. The molecule has 0 heterocycles. The Morgan fingerprint density at radius 3 is 2.44 bits per heavy atom. The molecule has 0 atom stereocenters. The fraction of sp³-hybridized carbons (Fsp3) is 0.208. The number of nitrogens with one attached hydrogen (secondary N) is 1. The van der Waals surface area contributed by atoms with Gasteiger partial charge in [0.25, 0.3) is 15.9 Å². The van der Waals surface area contributed by atoms with E-state index in [2.05, 4.69) is 4.72 Å². The normalized spacial score (nSPS) is 13.4. The Bertz CT molecular complexity index is 1220. The van der Waals surface area contributed by atoms with E-state index >= 15 is 0 Å². The zero-order valence-electron chi connectivity index (χ0n) is 17.5. The first-order valence-corrected chi connectivity index (χ1v) is 11.7. The number of hydrogen-bond acceptors (Lipinski definition) is 4. The predicted octanol–water partition coefficient (Wildman–Crippen LogP) is 4.44. The number of carbonyl (C=O) groups excluding carboxylic acids is 1. The van der Waals surface area contributed by atoms with Gasteiger partial charge in [-0.25, -0.2) is 12.8 Å². The summed E-state index contributed by atoms with van der Waals surface area (Å²) in [5, 5.41) is 0. The molecule has 0 saturated heterocycles. The third kappa shape index (κ3) is 4.91. The van der Waals surface area contributed by atoms with Crippen LogP contribution in [0, 0.1) is 5.82 Å². The van der Waals surface area contributed by atoms with Gasteiger partial charge in [0.05, 0.1) is 17.7 Å². The maximum atomic E-state index is 13.9. The minimum Gasteiger partial charge on any atom is -0.497 e. The van der Waals surface area contributed by atoms with Gasteiger partial charge in [-0.3, -0.25) is 9.52 Å². The molecule has 32 heavy (non-hydrogen) atoms. The number of ether oxygens (including phenoxy) is 1. The largest absolute Gasteiger partial charge is 0.497 e. The van der Waals surface area contributed by atoms with Crippen molar-refractivity contribution in [1.82, 2.24) is 4.90 Å². The number of methoxy groups -OCH3 is 1. The van der Waals surface area contributed by atoms with Crippen molar-refractivity contribution in [2.75, 3.05) is 11.8 Å². The van der Waals surface area contributed by atoms with E-state index in [-0.39, 0.29) is 28.1 Å². The Labute approximate surface area is 186 Å². The highest BCUT2D eigenvalue weighted by molar-refractivity contribution is 7.92. The fourth-order valence-electron chi connectivity index (χ4n) is 3.39. The summed E-state index contributed by atoms with van der Waals surface area (Å²) >= 11 is 0. The van der Waals surface area contributed by atoms with E-state index in [0.29, 0.717) is 6.54 Å². The highest BCUT2D eigenvalue weighted by Crippen LogP contribution is 2.30. The minimum absolute atomic E-state index is 0.105. The Morgan fingerprint density at radius 1 is 1.06 bits per heavy atom. The van der Waals surface area contributed by atoms with Gasteiger partial charge in [0.15, 0.2) is 0 Å². The molecule has 6 nitrogen and oxygen atoms in total. The average Bonchev–Trinajstić information content (AvgIpc) is 3.64. The van der Waals surface area contributed by atoms with Crippen LogP contribution in [0.3, 0.4) is 0 Å². The molecule has 1 amide bonds. The van der Waals surface area contributed by atoms with E-state index < -0.39 is 15.8 Å². The van der Waals surface area contributed by atoms with Gasteiger partial charge in [0.1, 0.15) is 11.6 Å². The number of rotatable bonds is 8. The van der Waals surface area contributed by atoms with Gasteiger partial charge in [-0.15, -0.1) is 0 Å². The zero-order valence-corrected chi connectivity index (χ0v) is 18.3. The van der Waals surface area contributed by atoms with E-state index in [1.54, 1.807) is 18.1 Å². The molecule has 166 valence electrons. The third-order valence-corrected chi connectivity index (χ3v) is 6.63. The average molecular weight is 455 g/mol. The van der Waals surface area contributed by atoms with Crippen molar-refractivity contribution in [3.05, 3.63) is 89.7 Å². The van der Waals surface area contributed by atoms with E-state index in [0.717, 1.165) is 24.2 Å². The van der Waals surface area contributed by atoms with Crippen LogP contribution < -0.4 is 9.46 Å². The molecular formula is C24H23FN2O4S. The SMILES string of the molecule is COc1ccc(CN(C(=O)c2cccc(S(=O)(=O)Nc3ccccc3F)c2)C2CC2)cc1. The van der Waals surface area contributed by atoms with Crippen molar-refractivity contribution in [2.24, 2.45) is 0 Å². The molecule has 1 fully saturated rings. The van der Waals surface area contributed by atoms with Crippen LogP contribution in [-0.2, 0) is 16.6 Å². The highest BCUT2D eigenvalue weighted by atomic mass is 32.2. The van der Waals surface area contributed by atoms with Crippen molar-refractivity contribution in [3.63, 3.8) is 0 Å². The first-order chi connectivity index (χ1) is 15.4. The number of sulfonamides is 1. The second-order valence-corrected chi connectivity index (χ2v) is 9.31. The van der Waals surface area contributed by atoms with E-state index in [1.807, 2.05) is 24.3 Å². The Kier molecular flexibility index (Phi) is 6.14. The summed E-state index contributed by atoms with van der Waals surface area (Å²) in [5.41, 5.74) is 1.07. The second kappa shape index (κ2) is 9.00. The first kappa shape index (κ1) is 21.8. The Hall–Kier alpha value is -3.39. The van der Waals surface area contributed by atoms with Gasteiger partial charge in [-0.05, 0) is 60.9 Å². The molecule has 3 aromatic rings. The molecule has 1 N–H and O–H groups in total. The van der Waals surface area contributed by atoms with Crippen molar-refractivity contribution >= 4 is 21.6 Å². The van der Waals surface area contributed by atoms with Gasteiger partial charge in [-0.2, -0.15) is 0 Å². The van der Waals surface area contributed by atoms with Crippen molar-refractivity contribution in [3.8, 4) is 5.75 Å². The summed E-state index contributed by atoms with van der Waals surface area (Å²) in [6.45, 7) is 0.415. The van der Waals surface area contributed by atoms with Crippen LogP contribution in [0.15, 0.2) is 77.7 Å². The van der Waals surface area contributed by atoms with Crippen LogP contribution in [0.1, 0.15) is 28.8 Å². The lowest BCUT2D eigenvalue weighted by atomic mass is 10.1. The molecule has 8 heteroatoms. The molecule has 4 rings (SSSR count). The third-order valence-electron chi connectivity index (χ3n) is 5.27. The highest BCUT2D eigenvalue weighted by Gasteiger charge is 2.33. The van der Waals surface area contributed by atoms with Gasteiger partial charge < -0.3 is 9.64 Å². The number of anilines is 1. The maximum Gasteiger partial charge on any atom is 0.262 e. The number of benzene rings is 3. The molecule has 0 radical (unpaired) electrons. The number of amides is 1. The zero-order chi connectivity index (χ0) is 22.7. The van der Waals surface area contributed by atoms with Crippen LogP contribution in [-0.4, -0.2) is 32.4 Å². The smallest absolute Gasteiger partial charge is 0.262 e. The summed E-state index contributed by atoms with van der Waals surface area (Å²) in [6.07, 6.45) is 1.82. The predicted molar refractivity (Wildman–Crippen MR) is 120 cm³/mol. The monoisotopic (exact) mass is 454 g/mol. The molecular weight excluding hydrogens is 431 g/mol. The molecule has 0 unspecified atom stereocenters. The van der Waals surface area contributed by atoms with E-state index in [1.165, 1.54) is 42.5 Å². The molecule has 1 saturated carbocycles. The standard InChI is InChI=1S/C24H23FN2O4S/c1-31-20-13-9-17(10-14-20)16-27(19-11-12-19)24(28)18-5-4-6-21(15-18)32(29,30)26-23-8-3-2-7-22(23)25/h2-10,13-15,19,26H,11-12,16H2,1H3. The fourth-order valence-corrected chi connectivity index (χ4v) is 4.50. The van der Waals surface area contributed by atoms with E-state index in [9.17, 15) is 17.6 Å². The van der Waals surface area contributed by atoms with Gasteiger partial charge >= 0.3 is 0 Å².